The Balaban J connectivity index is 0. The number of quaternary nitrogens is 1. The Kier molecular flexibility index (Phi) is 10.3. The van der Waals surface area contributed by atoms with Gasteiger partial charge in [-0.2, -0.15) is 48.3 Å². The Morgan fingerprint density at radius 3 is 1.16 bits per heavy atom. The van der Waals surface area contributed by atoms with E-state index in [1.807, 2.05) is 0 Å². The minimum atomic E-state index is -7.88. The van der Waals surface area contributed by atoms with Gasteiger partial charge in [0.1, 0.15) is 0 Å². The zero-order valence-electron chi connectivity index (χ0n) is 16.5. The van der Waals surface area contributed by atoms with Crippen molar-refractivity contribution in [2.75, 3.05) is 26.2 Å². The maximum absolute atomic E-state index is 12.7. The van der Waals surface area contributed by atoms with Crippen molar-refractivity contribution in [3.05, 3.63) is 0 Å². The van der Waals surface area contributed by atoms with E-state index in [2.05, 4.69) is 27.7 Å². The molecule has 0 spiro atoms. The van der Waals surface area contributed by atoms with Gasteiger partial charge in [0.05, 0.1) is 26.2 Å². The molecule has 0 aromatic heterocycles. The molecule has 0 radical (unpaired) electrons. The van der Waals surface area contributed by atoms with Crippen LogP contribution in [-0.2, 0) is 10.1 Å². The van der Waals surface area contributed by atoms with Crippen LogP contribution in [0.3, 0.4) is 0 Å². The van der Waals surface area contributed by atoms with Crippen LogP contribution in [0.2, 0.25) is 0 Å². The van der Waals surface area contributed by atoms with Gasteiger partial charge in [-0.15, -0.1) is 0 Å². The predicted octanol–water partition coefficient (Wildman–Crippen LogP) is 4.81. The van der Waals surface area contributed by atoms with Gasteiger partial charge < -0.3 is 9.04 Å². The average molecular weight is 511 g/mol. The monoisotopic (exact) mass is 511 g/mol. The van der Waals surface area contributed by atoms with Gasteiger partial charge in [0, 0.05) is 0 Å². The molecule has 0 amide bonds. The molecule has 0 N–H and O–H groups in total. The molecule has 0 aliphatic carbocycles. The molecule has 0 rings (SSSR count). The highest BCUT2D eigenvalue weighted by Gasteiger charge is 2.86. The average Bonchev–Trinajstić information content (AvgIpc) is 2.61. The van der Waals surface area contributed by atoms with Gasteiger partial charge in [0.25, 0.3) is 6.17 Å². The van der Waals surface area contributed by atoms with Crippen molar-refractivity contribution in [1.29, 1.82) is 0 Å². The summed E-state index contributed by atoms with van der Waals surface area (Å²) in [6.45, 7) is 14.2. The van der Waals surface area contributed by atoms with Crippen molar-refractivity contribution >= 4 is 10.1 Å². The summed E-state index contributed by atoms with van der Waals surface area (Å²) in [5.74, 6) is -23.2. The first kappa shape index (κ1) is 32.2. The fraction of sp³-hybridized carbons (Fsp3) is 1.00. The van der Waals surface area contributed by atoms with Crippen molar-refractivity contribution in [3.63, 3.8) is 0 Å². The lowest BCUT2D eigenvalue weighted by Crippen LogP contribution is -2.68. The Labute approximate surface area is 170 Å². The molecule has 0 saturated carbocycles. The van der Waals surface area contributed by atoms with Crippen LogP contribution < -0.4 is 0 Å². The minimum Gasteiger partial charge on any atom is -0.743 e. The Bertz CT molecular complexity index is 657. The third-order valence-corrected chi connectivity index (χ3v) is 5.67. The molecule has 0 saturated heterocycles. The summed E-state index contributed by atoms with van der Waals surface area (Å²) in [6.07, 6.45) is -12.9. The second-order valence-corrected chi connectivity index (χ2v) is 7.67. The lowest BCUT2D eigenvalue weighted by molar-refractivity contribution is -0.921. The molecule has 31 heavy (non-hydrogen) atoms. The van der Waals surface area contributed by atoms with Gasteiger partial charge in [0.15, 0.2) is 10.1 Å². The summed E-state index contributed by atoms with van der Waals surface area (Å²) in [6, 6.07) is 0. The molecule has 0 fully saturated rings. The van der Waals surface area contributed by atoms with E-state index >= 15 is 0 Å². The Morgan fingerprint density at radius 2 is 1.00 bits per heavy atom. The topological polar surface area (TPSA) is 57.2 Å². The van der Waals surface area contributed by atoms with E-state index in [0.29, 0.717) is 0 Å². The standard InChI is InChI=1S/C8H20N.C6H2F12O3S/c1-5-9(6-2,7-3)8-4;7-1(3(10,11)12)2(8,9)4(13,14)5(15,16)6(17,18)22(19,20)21/h5-8H2,1-4H3;1H,(H,19,20,21)/q+1;/p-1. The van der Waals surface area contributed by atoms with Crippen LogP contribution in [0.15, 0.2) is 0 Å². The molecule has 190 valence electrons. The van der Waals surface area contributed by atoms with Crippen molar-refractivity contribution in [2.45, 2.75) is 63.1 Å². The fourth-order valence-electron chi connectivity index (χ4n) is 2.26. The van der Waals surface area contributed by atoms with Crippen molar-refractivity contribution in [3.8, 4) is 0 Å². The van der Waals surface area contributed by atoms with Crippen molar-refractivity contribution < 1.29 is 70.1 Å². The van der Waals surface area contributed by atoms with Gasteiger partial charge in [-0.05, 0) is 27.7 Å². The van der Waals surface area contributed by atoms with Crippen LogP contribution in [0.25, 0.3) is 0 Å². The SMILES string of the molecule is CC[N+](CC)(CC)CC.O=S(=O)([O-])C(F)(F)C(F)(F)C(F)(F)C(F)(F)C(F)C(F)(F)F. The third kappa shape index (κ3) is 6.09. The van der Waals surface area contributed by atoms with Gasteiger partial charge in [-0.25, -0.2) is 12.8 Å². The highest BCUT2D eigenvalue weighted by Crippen LogP contribution is 2.56. The normalized spacial score (nSPS) is 15.9. The number of halogens is 12. The third-order valence-electron chi connectivity index (χ3n) is 4.78. The second-order valence-electron chi connectivity index (χ2n) is 6.25. The number of nitrogens with zero attached hydrogens (tertiary/aromatic N) is 1. The molecule has 0 aromatic carbocycles. The minimum absolute atomic E-state index is 1.28. The van der Waals surface area contributed by atoms with E-state index in [1.165, 1.54) is 30.7 Å². The molecule has 0 aliphatic rings. The van der Waals surface area contributed by atoms with Crippen LogP contribution in [0.5, 0.6) is 0 Å². The smallest absolute Gasteiger partial charge is 0.425 e. The fourth-order valence-corrected chi connectivity index (χ4v) is 2.70. The summed E-state index contributed by atoms with van der Waals surface area (Å²) in [5.41, 5.74) is 0. The van der Waals surface area contributed by atoms with E-state index in [9.17, 15) is 65.7 Å². The summed E-state index contributed by atoms with van der Waals surface area (Å²) in [5, 5.41) is -7.45. The zero-order chi connectivity index (χ0) is 25.9. The van der Waals surface area contributed by atoms with E-state index < -0.39 is 45.5 Å². The summed E-state index contributed by atoms with van der Waals surface area (Å²) in [7, 11) is -7.72. The summed E-state index contributed by atoms with van der Waals surface area (Å²) < 4.78 is 178. The molecule has 0 heterocycles. The van der Waals surface area contributed by atoms with E-state index in [-0.39, 0.29) is 0 Å². The van der Waals surface area contributed by atoms with E-state index in [4.69, 9.17) is 0 Å². The van der Waals surface area contributed by atoms with Crippen LogP contribution in [0, 0.1) is 0 Å². The Morgan fingerprint density at radius 1 is 0.710 bits per heavy atom. The predicted molar refractivity (Wildman–Crippen MR) is 82.9 cm³/mol. The molecule has 0 bridgehead atoms. The first-order valence-electron chi connectivity index (χ1n) is 8.42. The van der Waals surface area contributed by atoms with Crippen LogP contribution in [0.1, 0.15) is 27.7 Å². The van der Waals surface area contributed by atoms with E-state index in [0.717, 1.165) is 0 Å². The lowest BCUT2D eigenvalue weighted by Gasteiger charge is -2.38. The van der Waals surface area contributed by atoms with Gasteiger partial charge >= 0.3 is 29.2 Å². The highest BCUT2D eigenvalue weighted by molar-refractivity contribution is 7.86. The molecule has 17 heteroatoms. The molecule has 0 aromatic rings. The van der Waals surface area contributed by atoms with Crippen molar-refractivity contribution in [2.24, 2.45) is 0 Å². The number of alkyl halides is 12. The molecular weight excluding hydrogens is 490 g/mol. The first-order valence-corrected chi connectivity index (χ1v) is 9.83. The summed E-state index contributed by atoms with van der Waals surface area (Å²) in [4.78, 5) is 0. The van der Waals surface area contributed by atoms with Gasteiger partial charge in [0.2, 0.25) is 0 Å². The quantitative estimate of drug-likeness (QED) is 0.254. The molecule has 1 atom stereocenters. The molecule has 4 nitrogen and oxygen atoms in total. The largest absolute Gasteiger partial charge is 0.743 e. The van der Waals surface area contributed by atoms with Crippen LogP contribution in [0.4, 0.5) is 52.7 Å². The van der Waals surface area contributed by atoms with E-state index in [1.54, 1.807) is 0 Å². The van der Waals surface area contributed by atoms with Gasteiger partial charge in [-0.1, -0.05) is 0 Å². The number of hydrogen-bond acceptors (Lipinski definition) is 3. The van der Waals surface area contributed by atoms with Gasteiger partial charge in [-0.3, -0.25) is 0 Å². The molecule has 0 aliphatic heterocycles. The first-order chi connectivity index (χ1) is 13.4. The van der Waals surface area contributed by atoms with Crippen LogP contribution >= 0.6 is 0 Å². The highest BCUT2D eigenvalue weighted by atomic mass is 32.2. The maximum Gasteiger partial charge on any atom is 0.425 e. The lowest BCUT2D eigenvalue weighted by atomic mass is 10.00. The number of rotatable bonds is 9. The Hall–Kier alpha value is -0.970. The van der Waals surface area contributed by atoms with Crippen LogP contribution in [-0.4, -0.2) is 79.0 Å². The van der Waals surface area contributed by atoms with Crippen molar-refractivity contribution in [1.82, 2.24) is 0 Å². The zero-order valence-corrected chi connectivity index (χ0v) is 17.3. The molecule has 1 unspecified atom stereocenters. The maximum atomic E-state index is 12.7. The molecular formula is C14H21F12NO3S. The second kappa shape index (κ2) is 9.89. The number of hydrogen-bond donors (Lipinski definition) is 0. The summed E-state index contributed by atoms with van der Waals surface area (Å²) >= 11 is 0.